The molecule has 0 unspecified atom stereocenters. The Morgan fingerprint density at radius 3 is 1.62 bits per heavy atom. The Labute approximate surface area is 78.4 Å². The molecule has 0 fully saturated rings. The maximum Gasteiger partial charge on any atom is 0.307 e. The van der Waals surface area contributed by atoms with Gasteiger partial charge >= 0.3 is 5.97 Å². The van der Waals surface area contributed by atoms with E-state index in [-0.39, 0.29) is 5.97 Å². The number of rotatable bonds is 2. The van der Waals surface area contributed by atoms with Crippen LogP contribution in [0.25, 0.3) is 0 Å². The van der Waals surface area contributed by atoms with Gasteiger partial charge in [-0.15, -0.1) is 13.2 Å². The van der Waals surface area contributed by atoms with E-state index in [1.807, 2.05) is 0 Å². The van der Waals surface area contributed by atoms with Gasteiger partial charge in [-0.05, 0) is 6.08 Å². The number of esters is 1. The summed E-state index contributed by atoms with van der Waals surface area (Å²) in [5.74, 6) is -0.810. The molecule has 4 nitrogen and oxygen atoms in total. The highest BCUT2D eigenvalue weighted by molar-refractivity contribution is 5.84. The molecule has 0 saturated heterocycles. The summed E-state index contributed by atoms with van der Waals surface area (Å²) in [6.45, 7) is 13.6. The lowest BCUT2D eigenvalue weighted by molar-refractivity contribution is -0.135. The van der Waals surface area contributed by atoms with Gasteiger partial charge in [-0.1, -0.05) is 13.2 Å². The minimum absolute atomic E-state index is 0.329. The van der Waals surface area contributed by atoms with Gasteiger partial charge in [-0.3, -0.25) is 9.59 Å². The van der Waals surface area contributed by atoms with E-state index >= 15 is 0 Å². The summed E-state index contributed by atoms with van der Waals surface area (Å²) < 4.78 is 4.17. The second-order valence-corrected chi connectivity index (χ2v) is 1.38. The van der Waals surface area contributed by atoms with E-state index in [4.69, 9.17) is 0 Å². The molecule has 0 aromatic carbocycles. The molecule has 4 heteroatoms. The lowest BCUT2D eigenvalue weighted by Crippen LogP contribution is -2.04. The van der Waals surface area contributed by atoms with Gasteiger partial charge in [0.1, 0.15) is 0 Å². The number of nitrogens with two attached hydrogens (primary N) is 1. The van der Waals surface area contributed by atoms with E-state index in [0.717, 1.165) is 12.3 Å². The van der Waals surface area contributed by atoms with Crippen molar-refractivity contribution in [1.82, 2.24) is 0 Å². The van der Waals surface area contributed by atoms with Crippen LogP contribution in [0.1, 0.15) is 6.92 Å². The van der Waals surface area contributed by atoms with Crippen molar-refractivity contribution in [2.24, 2.45) is 5.73 Å². The predicted octanol–water partition coefficient (Wildman–Crippen LogP) is 1.15. The van der Waals surface area contributed by atoms with E-state index in [1.165, 1.54) is 6.92 Å². The Morgan fingerprint density at radius 1 is 1.31 bits per heavy atom. The largest absolute Gasteiger partial charge is 0.435 e. The van der Waals surface area contributed by atoms with Crippen LogP contribution in [0, 0.1) is 0 Å². The predicted molar refractivity (Wildman–Crippen MR) is 52.6 cm³/mol. The van der Waals surface area contributed by atoms with Gasteiger partial charge in [0.15, 0.2) is 0 Å². The number of primary amides is 1. The summed E-state index contributed by atoms with van der Waals surface area (Å²) in [5.41, 5.74) is 4.53. The fourth-order valence-electron chi connectivity index (χ4n) is 0.117. The summed E-state index contributed by atoms with van der Waals surface area (Å²) in [5, 5.41) is 0. The van der Waals surface area contributed by atoms with E-state index < -0.39 is 5.91 Å². The third kappa shape index (κ3) is 67.7. The molecule has 0 spiro atoms. The Kier molecular flexibility index (Phi) is 22.1. The molecule has 0 rings (SSSR count). The first kappa shape index (κ1) is 17.3. The van der Waals surface area contributed by atoms with Crippen LogP contribution in [0.5, 0.6) is 0 Å². The van der Waals surface area contributed by atoms with Crippen molar-refractivity contribution in [3.05, 3.63) is 38.7 Å². The average Bonchev–Trinajstić information content (AvgIpc) is 2.09. The molecule has 2 N–H and O–H groups in total. The maximum absolute atomic E-state index is 9.75. The number of amides is 1. The Balaban J connectivity index is -0.000000131. The average molecular weight is 185 g/mol. The Morgan fingerprint density at radius 2 is 1.62 bits per heavy atom. The van der Waals surface area contributed by atoms with Crippen molar-refractivity contribution < 1.29 is 14.3 Å². The molecule has 0 aliphatic heterocycles. The van der Waals surface area contributed by atoms with Crippen LogP contribution in [0.3, 0.4) is 0 Å². The maximum atomic E-state index is 9.75. The second-order valence-electron chi connectivity index (χ2n) is 1.38. The quantitative estimate of drug-likeness (QED) is 0.303. The van der Waals surface area contributed by atoms with Gasteiger partial charge < -0.3 is 10.5 Å². The molecule has 0 saturated carbocycles. The molecule has 0 heterocycles. The van der Waals surface area contributed by atoms with Crippen LogP contribution in [-0.4, -0.2) is 11.9 Å². The van der Waals surface area contributed by atoms with Crippen LogP contribution in [-0.2, 0) is 14.3 Å². The summed E-state index contributed by atoms with van der Waals surface area (Å²) >= 11 is 0. The minimum atomic E-state index is -0.481. The highest BCUT2D eigenvalue weighted by Crippen LogP contribution is 1.70. The van der Waals surface area contributed by atoms with Crippen LogP contribution < -0.4 is 5.73 Å². The second kappa shape index (κ2) is 16.6. The topological polar surface area (TPSA) is 69.4 Å². The molecule has 0 aromatic heterocycles. The first-order chi connectivity index (χ1) is 6.04. The summed E-state index contributed by atoms with van der Waals surface area (Å²) in [6.07, 6.45) is 2.16. The highest BCUT2D eigenvalue weighted by Gasteiger charge is 1.79. The van der Waals surface area contributed by atoms with E-state index in [2.05, 4.69) is 36.8 Å². The summed E-state index contributed by atoms with van der Waals surface area (Å²) in [6, 6.07) is 0. The fourth-order valence-corrected chi connectivity index (χ4v) is 0.117. The lowest BCUT2D eigenvalue weighted by Gasteiger charge is -1.83. The van der Waals surface area contributed by atoms with Crippen LogP contribution in [0.15, 0.2) is 38.7 Å². The zero-order valence-corrected chi connectivity index (χ0v) is 7.79. The molecule has 0 aromatic rings. The zero-order valence-electron chi connectivity index (χ0n) is 7.79. The van der Waals surface area contributed by atoms with Gasteiger partial charge in [0, 0.05) is 6.92 Å². The number of carbonyl (C=O) groups is 2. The molecular formula is C9H15NO3. The van der Waals surface area contributed by atoms with Crippen molar-refractivity contribution in [1.29, 1.82) is 0 Å². The molecule has 1 amide bonds. The van der Waals surface area contributed by atoms with E-state index in [1.54, 1.807) is 0 Å². The molecule has 0 atom stereocenters. The number of hydrogen-bond donors (Lipinski definition) is 1. The normalized spacial score (nSPS) is 5.92. The van der Waals surface area contributed by atoms with Crippen molar-refractivity contribution in [2.75, 3.05) is 0 Å². The number of hydrogen-bond acceptors (Lipinski definition) is 3. The monoisotopic (exact) mass is 185 g/mol. The molecule has 0 aliphatic carbocycles. The third-order valence-electron chi connectivity index (χ3n) is 0.450. The molecule has 0 bridgehead atoms. The SMILES string of the molecule is C=C.C=CC(N)=O.C=COC(C)=O. The standard InChI is InChI=1S/C4H6O2.C3H5NO.C2H4/c1-3-6-4(2)5;1-2-3(4)5;1-2/h3H,1H2,2H3;2H,1H2,(H2,4,5);1-2H2. The fraction of sp³-hybridized carbons (Fsp3) is 0.111. The Hall–Kier alpha value is -1.84. The molecular weight excluding hydrogens is 170 g/mol. The lowest BCUT2D eigenvalue weighted by atomic mass is 10.6. The molecule has 74 valence electrons. The summed E-state index contributed by atoms with van der Waals surface area (Å²) in [4.78, 5) is 19.2. The van der Waals surface area contributed by atoms with Crippen molar-refractivity contribution in [3.63, 3.8) is 0 Å². The van der Waals surface area contributed by atoms with E-state index in [0.29, 0.717) is 0 Å². The van der Waals surface area contributed by atoms with Gasteiger partial charge in [0.2, 0.25) is 5.91 Å². The molecule has 13 heavy (non-hydrogen) atoms. The van der Waals surface area contributed by atoms with Crippen molar-refractivity contribution in [2.45, 2.75) is 6.92 Å². The number of ether oxygens (including phenoxy) is 1. The van der Waals surface area contributed by atoms with Crippen molar-refractivity contribution in [3.8, 4) is 0 Å². The van der Waals surface area contributed by atoms with Gasteiger partial charge in [0.05, 0.1) is 6.26 Å². The summed E-state index contributed by atoms with van der Waals surface area (Å²) in [7, 11) is 0. The smallest absolute Gasteiger partial charge is 0.307 e. The first-order valence-corrected chi connectivity index (χ1v) is 3.24. The van der Waals surface area contributed by atoms with Gasteiger partial charge in [-0.2, -0.15) is 0 Å². The number of carbonyl (C=O) groups excluding carboxylic acids is 2. The minimum Gasteiger partial charge on any atom is -0.435 e. The van der Waals surface area contributed by atoms with Crippen LogP contribution in [0.4, 0.5) is 0 Å². The molecule has 0 aliphatic rings. The Bertz CT molecular complexity index is 176. The van der Waals surface area contributed by atoms with Crippen LogP contribution >= 0.6 is 0 Å². The van der Waals surface area contributed by atoms with Crippen molar-refractivity contribution >= 4 is 11.9 Å². The molecule has 0 radical (unpaired) electrons. The first-order valence-electron chi connectivity index (χ1n) is 3.24. The third-order valence-corrected chi connectivity index (χ3v) is 0.450. The van der Waals surface area contributed by atoms with Gasteiger partial charge in [-0.25, -0.2) is 0 Å². The zero-order chi connectivity index (χ0) is 11.3. The highest BCUT2D eigenvalue weighted by atomic mass is 16.5. The van der Waals surface area contributed by atoms with Crippen LogP contribution in [0.2, 0.25) is 0 Å². The van der Waals surface area contributed by atoms with Gasteiger partial charge in [0.25, 0.3) is 0 Å². The van der Waals surface area contributed by atoms with E-state index in [9.17, 15) is 9.59 Å².